The lowest BCUT2D eigenvalue weighted by atomic mass is 9.96. The topological polar surface area (TPSA) is 104 Å². The van der Waals surface area contributed by atoms with Crippen LogP contribution in [0.3, 0.4) is 0 Å². The second-order valence-electron chi connectivity index (χ2n) is 7.80. The molecule has 3 rings (SSSR count). The molecule has 25 heavy (non-hydrogen) atoms. The minimum Gasteiger partial charge on any atom is -0.477 e. The number of nitrogens with two attached hydrogens (primary N) is 1. The molecule has 2 atom stereocenters. The maximum absolute atomic E-state index is 12.6. The molecule has 2 saturated heterocycles. The smallest absolute Gasteiger partial charge is 0.353 e. The third-order valence-electron chi connectivity index (χ3n) is 4.44. The highest BCUT2D eigenvalue weighted by Gasteiger charge is 2.47. The molecule has 0 aromatic rings. The van der Waals surface area contributed by atoms with Crippen LogP contribution in [0, 0.1) is 5.41 Å². The van der Waals surface area contributed by atoms with Crippen molar-refractivity contribution >= 4 is 29.5 Å². The number of carboxylic acids is 1. The van der Waals surface area contributed by atoms with Crippen LogP contribution in [0.25, 0.3) is 0 Å². The molecule has 0 bridgehead atoms. The zero-order valence-corrected chi connectivity index (χ0v) is 15.4. The highest BCUT2D eigenvalue weighted by Crippen LogP contribution is 2.43. The molecule has 2 unspecified atom stereocenters. The average molecular weight is 365 g/mol. The van der Waals surface area contributed by atoms with E-state index in [4.69, 9.17) is 5.73 Å². The van der Waals surface area contributed by atoms with E-state index in [2.05, 4.69) is 20.8 Å². The fraction of sp³-hybridized carbons (Fsp3) is 0.588. The Kier molecular flexibility index (Phi) is 4.45. The summed E-state index contributed by atoms with van der Waals surface area (Å²) in [5.41, 5.74) is 6.95. The first-order valence-electron chi connectivity index (χ1n) is 8.29. The summed E-state index contributed by atoms with van der Waals surface area (Å²) >= 11 is 1.36. The van der Waals surface area contributed by atoms with Crippen LogP contribution < -0.4 is 5.73 Å². The Bertz CT molecular complexity index is 707. The Balaban J connectivity index is 1.93. The molecule has 7 nitrogen and oxygen atoms in total. The van der Waals surface area contributed by atoms with E-state index in [1.807, 2.05) is 0 Å². The minimum atomic E-state index is -1.18. The van der Waals surface area contributed by atoms with Crippen molar-refractivity contribution in [3.8, 4) is 0 Å². The van der Waals surface area contributed by atoms with Crippen LogP contribution in [0.15, 0.2) is 22.9 Å². The van der Waals surface area contributed by atoms with Gasteiger partial charge in [-0.3, -0.25) is 14.5 Å². The van der Waals surface area contributed by atoms with Gasteiger partial charge in [0, 0.05) is 24.2 Å². The molecular weight excluding hydrogens is 342 g/mol. The van der Waals surface area contributed by atoms with Crippen molar-refractivity contribution in [2.45, 2.75) is 44.4 Å². The fourth-order valence-corrected chi connectivity index (χ4v) is 4.62. The van der Waals surface area contributed by atoms with Crippen molar-refractivity contribution in [2.75, 3.05) is 13.1 Å². The normalized spacial score (nSPS) is 28.6. The van der Waals surface area contributed by atoms with E-state index in [-0.39, 0.29) is 28.3 Å². The van der Waals surface area contributed by atoms with Crippen molar-refractivity contribution in [1.82, 2.24) is 9.80 Å². The Morgan fingerprint density at radius 3 is 2.64 bits per heavy atom. The van der Waals surface area contributed by atoms with Crippen molar-refractivity contribution in [3.63, 3.8) is 0 Å². The Labute approximate surface area is 150 Å². The number of amides is 2. The van der Waals surface area contributed by atoms with Crippen molar-refractivity contribution in [1.29, 1.82) is 0 Å². The first kappa shape index (κ1) is 18.0. The Morgan fingerprint density at radius 1 is 1.40 bits per heavy atom. The van der Waals surface area contributed by atoms with Gasteiger partial charge in [-0.25, -0.2) is 4.79 Å². The van der Waals surface area contributed by atoms with E-state index in [9.17, 15) is 19.5 Å². The van der Waals surface area contributed by atoms with E-state index in [1.54, 1.807) is 11.0 Å². The molecule has 3 aliphatic heterocycles. The number of carbonyl (C=O) groups is 3. The lowest BCUT2D eigenvalue weighted by Crippen LogP contribution is -2.56. The molecule has 0 aliphatic carbocycles. The largest absolute Gasteiger partial charge is 0.477 e. The van der Waals surface area contributed by atoms with Crippen LogP contribution in [0.2, 0.25) is 0 Å². The van der Waals surface area contributed by atoms with E-state index >= 15 is 0 Å². The lowest BCUT2D eigenvalue weighted by Gasteiger charge is -2.45. The summed E-state index contributed by atoms with van der Waals surface area (Å²) in [6, 6.07) is 0. The molecule has 136 valence electrons. The number of rotatable bonds is 3. The fourth-order valence-electron chi connectivity index (χ4n) is 3.37. The molecule has 2 amide bonds. The molecule has 3 N–H and O–H groups in total. The van der Waals surface area contributed by atoms with Crippen LogP contribution in [0.4, 0.5) is 0 Å². The van der Waals surface area contributed by atoms with Crippen molar-refractivity contribution in [3.05, 3.63) is 22.9 Å². The minimum absolute atomic E-state index is 0.00896. The number of carbonyl (C=O) groups excluding carboxylic acids is 2. The summed E-state index contributed by atoms with van der Waals surface area (Å²) in [6.07, 6.45) is 2.45. The first-order chi connectivity index (χ1) is 11.6. The summed E-state index contributed by atoms with van der Waals surface area (Å²) in [6.45, 7) is 7.45. The third kappa shape index (κ3) is 3.32. The number of hydrogen-bond donors (Lipinski definition) is 2. The number of carboxylic acid groups (broad SMARTS) is 1. The third-order valence-corrected chi connectivity index (χ3v) is 5.68. The summed E-state index contributed by atoms with van der Waals surface area (Å²) in [5, 5.41) is 8.80. The van der Waals surface area contributed by atoms with Crippen molar-refractivity contribution < 1.29 is 19.5 Å². The highest BCUT2D eigenvalue weighted by atomic mass is 32.2. The molecule has 0 radical (unpaired) electrons. The zero-order valence-electron chi connectivity index (χ0n) is 14.6. The van der Waals surface area contributed by atoms with Crippen LogP contribution >= 0.6 is 11.8 Å². The van der Waals surface area contributed by atoms with Crippen LogP contribution in [0.5, 0.6) is 0 Å². The van der Waals surface area contributed by atoms with Gasteiger partial charge >= 0.3 is 5.97 Å². The number of fused-ring (bicyclic) bond motifs is 1. The van der Waals surface area contributed by atoms with Gasteiger partial charge in [0.25, 0.3) is 0 Å². The van der Waals surface area contributed by atoms with Crippen LogP contribution in [-0.2, 0) is 14.4 Å². The van der Waals surface area contributed by atoms with Gasteiger partial charge in [-0.15, -0.1) is 11.8 Å². The second-order valence-corrected chi connectivity index (χ2v) is 9.12. The van der Waals surface area contributed by atoms with Crippen molar-refractivity contribution in [2.24, 2.45) is 11.1 Å². The van der Waals surface area contributed by atoms with Gasteiger partial charge in [-0.1, -0.05) is 20.8 Å². The molecule has 0 saturated carbocycles. The SMILES string of the molecule is CC(C)(C)CN1CCC(=CC2=C(C(=O)O)N3C(=O)CC3SC2N)C1=O. The number of β-lactam (4-membered cyclic amide) rings is 1. The standard InChI is InChI=1S/C17H23N3O4S/c1-17(2,3)8-19-5-4-9(15(19)22)6-10-13(16(23)24)20-11(21)7-12(20)25-14(10)18/h6,12,14H,4-5,7-8,18H2,1-3H3,(H,23,24). The van der Waals surface area contributed by atoms with E-state index in [1.165, 1.54) is 16.7 Å². The van der Waals surface area contributed by atoms with Gasteiger partial charge in [0.15, 0.2) is 0 Å². The van der Waals surface area contributed by atoms with Crippen LogP contribution in [-0.4, -0.2) is 56.5 Å². The molecule has 3 heterocycles. The maximum Gasteiger partial charge on any atom is 0.353 e. The lowest BCUT2D eigenvalue weighted by molar-refractivity contribution is -0.146. The second kappa shape index (κ2) is 6.17. The predicted octanol–water partition coefficient (Wildman–Crippen LogP) is 1.12. The summed E-state index contributed by atoms with van der Waals surface area (Å²) < 4.78 is 0. The summed E-state index contributed by atoms with van der Waals surface area (Å²) in [7, 11) is 0. The Hall–Kier alpha value is -1.80. The molecular formula is C17H23N3O4S. The number of hydrogen-bond acceptors (Lipinski definition) is 5. The molecule has 3 aliphatic rings. The molecule has 0 aromatic carbocycles. The van der Waals surface area contributed by atoms with Gasteiger partial charge in [-0.05, 0) is 17.9 Å². The number of nitrogens with zero attached hydrogens (tertiary/aromatic N) is 2. The van der Waals surface area contributed by atoms with E-state index < -0.39 is 11.3 Å². The number of thioether (sulfide) groups is 1. The van der Waals surface area contributed by atoms with Gasteiger partial charge in [0.1, 0.15) is 5.70 Å². The summed E-state index contributed by atoms with van der Waals surface area (Å²) in [4.78, 5) is 39.2. The number of aliphatic carboxylic acids is 1. The quantitative estimate of drug-likeness (QED) is 0.574. The van der Waals surface area contributed by atoms with E-state index in [0.717, 1.165) is 0 Å². The van der Waals surface area contributed by atoms with E-state index in [0.29, 0.717) is 37.1 Å². The number of likely N-dealkylation sites (tertiary alicyclic amines) is 1. The van der Waals surface area contributed by atoms with Crippen LogP contribution in [0.1, 0.15) is 33.6 Å². The molecule has 0 spiro atoms. The monoisotopic (exact) mass is 365 g/mol. The van der Waals surface area contributed by atoms with Gasteiger partial charge in [-0.2, -0.15) is 0 Å². The molecule has 8 heteroatoms. The Morgan fingerprint density at radius 2 is 2.08 bits per heavy atom. The van der Waals surface area contributed by atoms with Gasteiger partial charge in [0.2, 0.25) is 11.8 Å². The highest BCUT2D eigenvalue weighted by molar-refractivity contribution is 8.00. The summed E-state index contributed by atoms with van der Waals surface area (Å²) in [5.74, 6) is -1.48. The average Bonchev–Trinajstić information content (AvgIpc) is 2.80. The van der Waals surface area contributed by atoms with Gasteiger partial charge in [0.05, 0.1) is 17.2 Å². The predicted molar refractivity (Wildman–Crippen MR) is 94.2 cm³/mol. The van der Waals surface area contributed by atoms with Gasteiger partial charge < -0.3 is 15.7 Å². The zero-order chi connectivity index (χ0) is 18.5. The maximum atomic E-state index is 12.6. The first-order valence-corrected chi connectivity index (χ1v) is 9.23. The molecule has 2 fully saturated rings. The molecule has 0 aromatic heterocycles.